The van der Waals surface area contributed by atoms with Gasteiger partial charge in [-0.25, -0.2) is 22.0 Å². The first-order valence-corrected chi connectivity index (χ1v) is 10.1. The van der Waals surface area contributed by atoms with Crippen molar-refractivity contribution in [3.8, 4) is 0 Å². The number of hydrogen-bond donors (Lipinski definition) is 2. The zero-order chi connectivity index (χ0) is 18.6. The first-order valence-electron chi connectivity index (χ1n) is 8.42. The molecule has 8 heteroatoms. The summed E-state index contributed by atoms with van der Waals surface area (Å²) in [6.45, 7) is 5.77. The molecule has 1 fully saturated rings. The van der Waals surface area contributed by atoms with Gasteiger partial charge < -0.3 is 10.4 Å². The van der Waals surface area contributed by atoms with Crippen LogP contribution >= 0.6 is 0 Å². The Morgan fingerprint density at radius 2 is 1.79 bits per heavy atom. The van der Waals surface area contributed by atoms with Crippen molar-refractivity contribution in [3.05, 3.63) is 0 Å². The normalized spacial score (nSPS) is 20.5. The highest BCUT2D eigenvalue weighted by molar-refractivity contribution is 7.92. The van der Waals surface area contributed by atoms with Crippen molar-refractivity contribution in [1.29, 1.82) is 0 Å². The third kappa shape index (κ3) is 6.91. The lowest BCUT2D eigenvalue weighted by Gasteiger charge is -2.30. The number of rotatable bonds is 7. The Balaban J connectivity index is 2.44. The molecule has 0 saturated heterocycles. The van der Waals surface area contributed by atoms with Gasteiger partial charge in [-0.2, -0.15) is 0 Å². The van der Waals surface area contributed by atoms with Crippen LogP contribution in [0.4, 0.5) is 13.6 Å². The number of alkyl halides is 2. The highest BCUT2D eigenvalue weighted by Crippen LogP contribution is 2.36. The minimum atomic E-state index is -3.36. The highest BCUT2D eigenvalue weighted by atomic mass is 32.2. The fourth-order valence-electron chi connectivity index (χ4n) is 3.06. The maximum Gasteiger partial charge on any atom is 0.404 e. The minimum absolute atomic E-state index is 0.0207. The van der Waals surface area contributed by atoms with E-state index < -0.39 is 27.1 Å². The second-order valence-electron chi connectivity index (χ2n) is 7.79. The molecule has 1 atom stereocenters. The van der Waals surface area contributed by atoms with Crippen molar-refractivity contribution in [2.45, 2.75) is 82.9 Å². The van der Waals surface area contributed by atoms with E-state index in [2.05, 4.69) is 5.32 Å². The lowest BCUT2D eigenvalue weighted by Crippen LogP contribution is -2.43. The number of unbranched alkanes of at least 4 members (excludes halogenated alkanes) is 1. The van der Waals surface area contributed by atoms with Crippen LogP contribution < -0.4 is 5.32 Å². The van der Waals surface area contributed by atoms with Crippen LogP contribution in [-0.2, 0) is 9.84 Å². The Kier molecular flexibility index (Phi) is 7.02. The third-order valence-electron chi connectivity index (χ3n) is 4.69. The molecule has 1 unspecified atom stereocenters. The van der Waals surface area contributed by atoms with E-state index >= 15 is 0 Å². The van der Waals surface area contributed by atoms with Crippen molar-refractivity contribution >= 4 is 15.9 Å². The Labute approximate surface area is 143 Å². The maximum atomic E-state index is 13.1. The maximum absolute atomic E-state index is 13.1. The zero-order valence-corrected chi connectivity index (χ0v) is 15.5. The minimum Gasteiger partial charge on any atom is -0.465 e. The molecule has 1 aliphatic rings. The summed E-state index contributed by atoms with van der Waals surface area (Å²) in [7, 11) is -3.36. The summed E-state index contributed by atoms with van der Waals surface area (Å²) in [4.78, 5) is 10.8. The fraction of sp³-hybridized carbons (Fsp3) is 0.938. The predicted molar refractivity (Wildman–Crippen MR) is 89.2 cm³/mol. The molecule has 24 heavy (non-hydrogen) atoms. The van der Waals surface area contributed by atoms with E-state index in [1.165, 1.54) is 0 Å². The Hall–Kier alpha value is -0.920. The summed E-state index contributed by atoms with van der Waals surface area (Å²) in [6, 6.07) is -0.258. The van der Waals surface area contributed by atoms with Gasteiger partial charge in [0.1, 0.15) is 0 Å². The van der Waals surface area contributed by atoms with E-state index in [0.717, 1.165) is 0 Å². The van der Waals surface area contributed by atoms with Crippen LogP contribution in [-0.4, -0.2) is 42.6 Å². The summed E-state index contributed by atoms with van der Waals surface area (Å²) in [6.07, 6.45) is -0.203. The second-order valence-corrected chi connectivity index (χ2v) is 10.2. The second kappa shape index (κ2) is 7.97. The smallest absolute Gasteiger partial charge is 0.404 e. The van der Waals surface area contributed by atoms with Crippen LogP contribution in [0.1, 0.15) is 65.7 Å². The van der Waals surface area contributed by atoms with E-state index in [1.54, 1.807) is 0 Å². The number of nitrogens with one attached hydrogen (secondary N) is 1. The predicted octanol–water partition coefficient (Wildman–Crippen LogP) is 3.83. The van der Waals surface area contributed by atoms with Crippen molar-refractivity contribution in [2.24, 2.45) is 5.41 Å². The van der Waals surface area contributed by atoms with Gasteiger partial charge in [0.15, 0.2) is 9.84 Å². The largest absolute Gasteiger partial charge is 0.465 e. The van der Waals surface area contributed by atoms with E-state index in [1.807, 2.05) is 20.8 Å². The molecule has 1 rings (SSSR count). The standard InChI is InChI=1S/C16H29F2NO4S/c1-15(2,3)13(19-14(20)21)6-4-5-11-24(22,23)12-7-9-16(17,18)10-8-12/h12-13,19H,4-11H2,1-3H3,(H,20,21). The van der Waals surface area contributed by atoms with Crippen LogP contribution in [0.5, 0.6) is 0 Å². The molecular weight excluding hydrogens is 340 g/mol. The molecule has 1 amide bonds. The molecular formula is C16H29F2NO4S. The van der Waals surface area contributed by atoms with Gasteiger partial charge in [-0.15, -0.1) is 0 Å². The lowest BCUT2D eigenvalue weighted by atomic mass is 9.84. The quantitative estimate of drug-likeness (QED) is 0.668. The Bertz CT molecular complexity index is 519. The number of hydrogen-bond acceptors (Lipinski definition) is 3. The summed E-state index contributed by atoms with van der Waals surface area (Å²) >= 11 is 0. The Morgan fingerprint density at radius 1 is 1.25 bits per heavy atom. The molecule has 0 aromatic carbocycles. The van der Waals surface area contributed by atoms with Gasteiger partial charge in [-0.3, -0.25) is 0 Å². The lowest BCUT2D eigenvalue weighted by molar-refractivity contribution is -0.0328. The number of sulfone groups is 1. The van der Waals surface area contributed by atoms with Crippen molar-refractivity contribution in [1.82, 2.24) is 5.32 Å². The van der Waals surface area contributed by atoms with Gasteiger partial charge in [-0.05, 0) is 31.1 Å². The molecule has 1 saturated carbocycles. The first kappa shape index (κ1) is 21.1. The molecule has 0 heterocycles. The molecule has 0 aromatic heterocycles. The summed E-state index contributed by atoms with van der Waals surface area (Å²) in [5, 5.41) is 10.7. The highest BCUT2D eigenvalue weighted by Gasteiger charge is 2.39. The molecule has 2 N–H and O–H groups in total. The van der Waals surface area contributed by atoms with E-state index in [-0.39, 0.29) is 42.9 Å². The molecule has 5 nitrogen and oxygen atoms in total. The van der Waals surface area contributed by atoms with Gasteiger partial charge in [0.2, 0.25) is 5.92 Å². The first-order chi connectivity index (χ1) is 10.8. The van der Waals surface area contributed by atoms with Crippen molar-refractivity contribution < 1.29 is 27.1 Å². The molecule has 0 aromatic rings. The van der Waals surface area contributed by atoms with Crippen molar-refractivity contribution in [2.75, 3.05) is 5.75 Å². The summed E-state index contributed by atoms with van der Waals surface area (Å²) < 4.78 is 50.8. The van der Waals surface area contributed by atoms with Gasteiger partial charge in [0.05, 0.1) is 11.0 Å². The number of carboxylic acid groups (broad SMARTS) is 1. The number of halogens is 2. The molecule has 142 valence electrons. The average Bonchev–Trinajstić information content (AvgIpc) is 2.40. The van der Waals surface area contributed by atoms with Gasteiger partial charge in [0.25, 0.3) is 0 Å². The number of carbonyl (C=O) groups is 1. The Morgan fingerprint density at radius 3 is 2.25 bits per heavy atom. The van der Waals surface area contributed by atoms with Gasteiger partial charge in [0, 0.05) is 18.9 Å². The molecule has 1 aliphatic carbocycles. The SMILES string of the molecule is CC(C)(C)C(CCCCS(=O)(=O)C1CCC(F)(F)CC1)NC(=O)O. The molecule has 0 spiro atoms. The van der Waals surface area contributed by atoms with E-state index in [9.17, 15) is 22.0 Å². The number of amides is 1. The van der Waals surface area contributed by atoms with E-state index in [0.29, 0.717) is 19.3 Å². The van der Waals surface area contributed by atoms with E-state index in [4.69, 9.17) is 5.11 Å². The molecule has 0 aliphatic heterocycles. The topological polar surface area (TPSA) is 83.5 Å². The zero-order valence-electron chi connectivity index (χ0n) is 14.6. The molecule has 0 bridgehead atoms. The molecule has 0 radical (unpaired) electrons. The van der Waals surface area contributed by atoms with Crippen LogP contribution in [0.25, 0.3) is 0 Å². The van der Waals surface area contributed by atoms with Crippen LogP contribution in [0, 0.1) is 5.41 Å². The van der Waals surface area contributed by atoms with Gasteiger partial charge in [-0.1, -0.05) is 27.2 Å². The van der Waals surface area contributed by atoms with Crippen LogP contribution in [0.15, 0.2) is 0 Å². The summed E-state index contributed by atoms with van der Waals surface area (Å²) in [5.74, 6) is -2.75. The fourth-order valence-corrected chi connectivity index (χ4v) is 4.96. The van der Waals surface area contributed by atoms with Crippen molar-refractivity contribution in [3.63, 3.8) is 0 Å². The summed E-state index contributed by atoms with van der Waals surface area (Å²) in [5.41, 5.74) is -0.258. The van der Waals surface area contributed by atoms with Crippen LogP contribution in [0.3, 0.4) is 0 Å². The monoisotopic (exact) mass is 369 g/mol. The van der Waals surface area contributed by atoms with Gasteiger partial charge >= 0.3 is 6.09 Å². The average molecular weight is 369 g/mol. The van der Waals surface area contributed by atoms with Crippen LogP contribution in [0.2, 0.25) is 0 Å². The third-order valence-corrected chi connectivity index (χ3v) is 7.03.